The van der Waals surface area contributed by atoms with E-state index in [9.17, 15) is 9.18 Å². The summed E-state index contributed by atoms with van der Waals surface area (Å²) in [4.78, 5) is 21.5. The molecule has 0 radical (unpaired) electrons. The molecule has 6 heteroatoms. The molecule has 0 bridgehead atoms. The van der Waals surface area contributed by atoms with Crippen molar-refractivity contribution in [2.45, 2.75) is 24.2 Å². The summed E-state index contributed by atoms with van der Waals surface area (Å²) >= 11 is 3.25. The largest absolute Gasteiger partial charge is 0.324 e. The molecule has 5 rings (SSSR count). The molecule has 1 fully saturated rings. The van der Waals surface area contributed by atoms with Crippen LogP contribution < -0.4 is 5.32 Å². The Bertz CT molecular complexity index is 1030. The maximum absolute atomic E-state index is 13.9. The number of carbonyl (C=O) groups excluding carboxylic acids is 1. The van der Waals surface area contributed by atoms with E-state index in [1.54, 1.807) is 18.5 Å². The Labute approximate surface area is 151 Å². The fourth-order valence-electron chi connectivity index (χ4n) is 4.15. The third-order valence-electron chi connectivity index (χ3n) is 5.37. The minimum Gasteiger partial charge on any atom is -0.324 e. The Morgan fingerprint density at radius 1 is 1.24 bits per heavy atom. The second-order valence-electron chi connectivity index (χ2n) is 6.73. The van der Waals surface area contributed by atoms with Crippen molar-refractivity contribution in [1.29, 1.82) is 0 Å². The highest BCUT2D eigenvalue weighted by Crippen LogP contribution is 2.58. The molecule has 1 spiro atoms. The van der Waals surface area contributed by atoms with Crippen LogP contribution >= 0.6 is 15.9 Å². The number of benzene rings is 1. The molecule has 3 aromatic rings. The maximum atomic E-state index is 13.9. The number of rotatable bonds is 1. The summed E-state index contributed by atoms with van der Waals surface area (Å²) in [5.41, 5.74) is 2.68. The monoisotopic (exact) mass is 397 g/mol. The molecule has 1 aliphatic heterocycles. The predicted molar refractivity (Wildman–Crippen MR) is 95.9 cm³/mol. The van der Waals surface area contributed by atoms with Crippen LogP contribution in [0.2, 0.25) is 0 Å². The molecular formula is C19H13BrFN3O. The third-order valence-corrected chi connectivity index (χ3v) is 5.97. The first-order chi connectivity index (χ1) is 12.1. The number of pyridine rings is 2. The molecular weight excluding hydrogens is 385 g/mol. The van der Waals surface area contributed by atoms with Crippen LogP contribution in [0.1, 0.15) is 30.0 Å². The fraction of sp³-hybridized carbons (Fsp3) is 0.211. The van der Waals surface area contributed by atoms with Crippen LogP contribution in [0.4, 0.5) is 10.1 Å². The summed E-state index contributed by atoms with van der Waals surface area (Å²) in [5.74, 6) is -0.0966. The summed E-state index contributed by atoms with van der Waals surface area (Å²) in [7, 11) is 0. The Kier molecular flexibility index (Phi) is 3.04. The standard InChI is InChI=1S/C19H13BrFN3O/c20-12-5-11-15(6-13(12)21)23-9-16-17(11)19(18(25)24-16)7-10(8-19)14-3-1-2-4-22-14/h1-6,9-10H,7-8H2,(H,24,25)/t10-,19+. The molecule has 1 saturated carbocycles. The van der Waals surface area contributed by atoms with Crippen molar-refractivity contribution >= 4 is 38.4 Å². The predicted octanol–water partition coefficient (Wildman–Crippen LogP) is 4.30. The van der Waals surface area contributed by atoms with Gasteiger partial charge in [-0.2, -0.15) is 0 Å². The molecule has 0 atom stereocenters. The Balaban J connectivity index is 1.64. The zero-order valence-corrected chi connectivity index (χ0v) is 14.7. The molecule has 4 nitrogen and oxygen atoms in total. The van der Waals surface area contributed by atoms with Gasteiger partial charge in [-0.05, 0) is 47.0 Å². The number of nitrogens with one attached hydrogen (secondary N) is 1. The molecule has 0 unspecified atom stereocenters. The lowest BCUT2D eigenvalue weighted by Gasteiger charge is -2.43. The first kappa shape index (κ1) is 15.0. The Morgan fingerprint density at radius 3 is 2.84 bits per heavy atom. The lowest BCUT2D eigenvalue weighted by Crippen LogP contribution is -2.45. The van der Waals surface area contributed by atoms with Gasteiger partial charge in [0.25, 0.3) is 0 Å². The highest BCUT2D eigenvalue weighted by molar-refractivity contribution is 9.10. The van der Waals surface area contributed by atoms with Crippen LogP contribution in [-0.2, 0) is 10.2 Å². The van der Waals surface area contributed by atoms with Crippen LogP contribution in [0, 0.1) is 5.82 Å². The van der Waals surface area contributed by atoms with Gasteiger partial charge in [-0.25, -0.2) is 4.39 Å². The van der Waals surface area contributed by atoms with Crippen molar-refractivity contribution in [2.24, 2.45) is 0 Å². The number of nitrogens with zero attached hydrogens (tertiary/aromatic N) is 2. The molecule has 3 heterocycles. The van der Waals surface area contributed by atoms with Gasteiger partial charge >= 0.3 is 0 Å². The SMILES string of the molecule is O=C1Nc2cnc3cc(F)c(Br)cc3c2[C@]12C[C@H](c1ccccn1)C2. The van der Waals surface area contributed by atoms with E-state index in [-0.39, 0.29) is 17.6 Å². The van der Waals surface area contributed by atoms with Crippen molar-refractivity contribution in [2.75, 3.05) is 5.32 Å². The minimum atomic E-state index is -0.573. The summed E-state index contributed by atoms with van der Waals surface area (Å²) in [6, 6.07) is 9.00. The lowest BCUT2D eigenvalue weighted by atomic mass is 9.57. The quantitative estimate of drug-likeness (QED) is 0.665. The van der Waals surface area contributed by atoms with Crippen molar-refractivity contribution in [3.8, 4) is 0 Å². The maximum Gasteiger partial charge on any atom is 0.235 e. The number of carbonyl (C=O) groups is 1. The molecule has 1 N–H and O–H groups in total. The highest BCUT2D eigenvalue weighted by atomic mass is 79.9. The van der Waals surface area contributed by atoms with E-state index in [1.807, 2.05) is 18.2 Å². The highest BCUT2D eigenvalue weighted by Gasteiger charge is 2.57. The van der Waals surface area contributed by atoms with E-state index >= 15 is 0 Å². The number of fused-ring (bicyclic) bond motifs is 4. The molecule has 124 valence electrons. The average molecular weight is 398 g/mol. The van der Waals surface area contributed by atoms with Crippen LogP contribution in [0.25, 0.3) is 10.9 Å². The minimum absolute atomic E-state index is 0.00410. The van der Waals surface area contributed by atoms with Crippen molar-refractivity contribution in [3.05, 3.63) is 64.3 Å². The molecule has 0 saturated heterocycles. The van der Waals surface area contributed by atoms with Gasteiger partial charge in [-0.1, -0.05) is 6.07 Å². The smallest absolute Gasteiger partial charge is 0.235 e. The van der Waals surface area contributed by atoms with E-state index in [1.165, 1.54) is 6.07 Å². The second kappa shape index (κ2) is 5.08. The van der Waals surface area contributed by atoms with Crippen LogP contribution in [0.5, 0.6) is 0 Å². The van der Waals surface area contributed by atoms with E-state index in [0.717, 1.165) is 22.3 Å². The number of hydrogen-bond donors (Lipinski definition) is 1. The van der Waals surface area contributed by atoms with E-state index in [2.05, 4.69) is 31.2 Å². The number of aromatic nitrogens is 2. The van der Waals surface area contributed by atoms with Gasteiger partial charge in [0.2, 0.25) is 5.91 Å². The molecule has 2 aliphatic rings. The molecule has 1 aliphatic carbocycles. The van der Waals surface area contributed by atoms with Gasteiger partial charge in [-0.15, -0.1) is 0 Å². The zero-order chi connectivity index (χ0) is 17.2. The number of halogens is 2. The average Bonchev–Trinajstić information content (AvgIpc) is 2.88. The zero-order valence-electron chi connectivity index (χ0n) is 13.1. The first-order valence-corrected chi connectivity index (χ1v) is 8.88. The number of anilines is 1. The summed E-state index contributed by atoms with van der Waals surface area (Å²) < 4.78 is 14.3. The fourth-order valence-corrected chi connectivity index (χ4v) is 4.49. The van der Waals surface area contributed by atoms with Gasteiger partial charge in [0.15, 0.2) is 0 Å². The van der Waals surface area contributed by atoms with Crippen molar-refractivity contribution in [1.82, 2.24) is 9.97 Å². The Morgan fingerprint density at radius 2 is 2.08 bits per heavy atom. The topological polar surface area (TPSA) is 54.9 Å². The second-order valence-corrected chi connectivity index (χ2v) is 7.58. The Hall–Kier alpha value is -2.34. The van der Waals surface area contributed by atoms with Gasteiger partial charge in [0, 0.05) is 34.8 Å². The molecule has 1 amide bonds. The lowest BCUT2D eigenvalue weighted by molar-refractivity contribution is -0.124. The van der Waals surface area contributed by atoms with Crippen molar-refractivity contribution in [3.63, 3.8) is 0 Å². The normalized spacial score (nSPS) is 24.2. The first-order valence-electron chi connectivity index (χ1n) is 8.09. The van der Waals surface area contributed by atoms with Crippen LogP contribution in [0.3, 0.4) is 0 Å². The van der Waals surface area contributed by atoms with E-state index in [0.29, 0.717) is 22.8 Å². The third kappa shape index (κ3) is 2.00. The number of hydrogen-bond acceptors (Lipinski definition) is 3. The summed E-state index contributed by atoms with van der Waals surface area (Å²) in [6.45, 7) is 0. The summed E-state index contributed by atoms with van der Waals surface area (Å²) in [5, 5.41) is 3.78. The van der Waals surface area contributed by atoms with Gasteiger partial charge < -0.3 is 5.32 Å². The molecule has 2 aromatic heterocycles. The van der Waals surface area contributed by atoms with Crippen molar-refractivity contribution < 1.29 is 9.18 Å². The van der Waals surface area contributed by atoms with Gasteiger partial charge in [-0.3, -0.25) is 14.8 Å². The van der Waals surface area contributed by atoms with Crippen LogP contribution in [0.15, 0.2) is 47.2 Å². The van der Waals surface area contributed by atoms with E-state index in [4.69, 9.17) is 0 Å². The molecule has 25 heavy (non-hydrogen) atoms. The van der Waals surface area contributed by atoms with Gasteiger partial charge in [0.05, 0.1) is 27.3 Å². The number of amides is 1. The van der Waals surface area contributed by atoms with Crippen LogP contribution in [-0.4, -0.2) is 15.9 Å². The molecule has 1 aromatic carbocycles. The summed E-state index contributed by atoms with van der Waals surface area (Å²) in [6.07, 6.45) is 4.82. The van der Waals surface area contributed by atoms with E-state index < -0.39 is 5.41 Å². The van der Waals surface area contributed by atoms with Gasteiger partial charge in [0.1, 0.15) is 5.82 Å².